The minimum atomic E-state index is -0.654. The number of ketones is 1. The molecule has 1 aromatic carbocycles. The first-order valence-corrected chi connectivity index (χ1v) is 7.16. The van der Waals surface area contributed by atoms with E-state index >= 15 is 0 Å². The highest BCUT2D eigenvalue weighted by Gasteiger charge is 2.29. The third kappa shape index (κ3) is 3.54. The number of halogens is 1. The van der Waals surface area contributed by atoms with Gasteiger partial charge in [0.05, 0.1) is 0 Å². The highest BCUT2D eigenvalue weighted by molar-refractivity contribution is 5.90. The summed E-state index contributed by atoms with van der Waals surface area (Å²) in [5, 5.41) is 0. The molecule has 0 saturated carbocycles. The molecule has 2 rings (SSSR count). The molecular formula is C18H20FNO. The second-order valence-corrected chi connectivity index (χ2v) is 5.74. The van der Waals surface area contributed by atoms with Crippen LogP contribution in [0.5, 0.6) is 0 Å². The summed E-state index contributed by atoms with van der Waals surface area (Å²) >= 11 is 0. The lowest BCUT2D eigenvalue weighted by atomic mass is 9.79. The fourth-order valence-electron chi connectivity index (χ4n) is 2.18. The van der Waals surface area contributed by atoms with Crippen molar-refractivity contribution in [2.24, 2.45) is 0 Å². The van der Waals surface area contributed by atoms with Crippen LogP contribution < -0.4 is 0 Å². The molecule has 3 heteroatoms. The van der Waals surface area contributed by atoms with Gasteiger partial charge in [0.1, 0.15) is 11.6 Å². The average molecular weight is 285 g/mol. The van der Waals surface area contributed by atoms with E-state index < -0.39 is 5.41 Å². The molecule has 0 bridgehead atoms. The molecule has 0 aliphatic carbocycles. The van der Waals surface area contributed by atoms with Crippen LogP contribution in [0.4, 0.5) is 4.39 Å². The van der Waals surface area contributed by atoms with E-state index in [4.69, 9.17) is 0 Å². The van der Waals surface area contributed by atoms with Gasteiger partial charge in [0.2, 0.25) is 0 Å². The van der Waals surface area contributed by atoms with E-state index in [0.29, 0.717) is 0 Å². The maximum absolute atomic E-state index is 13.0. The Morgan fingerprint density at radius 3 is 2.33 bits per heavy atom. The van der Waals surface area contributed by atoms with Crippen molar-refractivity contribution >= 4 is 5.78 Å². The molecule has 0 spiro atoms. The molecule has 0 unspecified atom stereocenters. The van der Waals surface area contributed by atoms with Crippen molar-refractivity contribution in [3.63, 3.8) is 0 Å². The Bertz CT molecular complexity index is 615. The molecule has 0 atom stereocenters. The minimum absolute atomic E-state index is 0.0749. The Hall–Kier alpha value is -2.03. The number of aromatic nitrogens is 1. The van der Waals surface area contributed by atoms with Gasteiger partial charge in [-0.2, -0.15) is 0 Å². The molecule has 21 heavy (non-hydrogen) atoms. The van der Waals surface area contributed by atoms with E-state index in [2.05, 4.69) is 11.9 Å². The third-order valence-corrected chi connectivity index (χ3v) is 3.90. The van der Waals surface area contributed by atoms with Gasteiger partial charge in [0.15, 0.2) is 0 Å². The summed E-state index contributed by atoms with van der Waals surface area (Å²) in [5.41, 5.74) is 2.09. The first-order chi connectivity index (χ1) is 9.93. The Morgan fingerprint density at radius 1 is 1.14 bits per heavy atom. The van der Waals surface area contributed by atoms with Crippen LogP contribution >= 0.6 is 0 Å². The number of carbonyl (C=O) groups is 1. The van der Waals surface area contributed by atoms with Crippen LogP contribution in [0.15, 0.2) is 42.6 Å². The van der Waals surface area contributed by atoms with Gasteiger partial charge in [0, 0.05) is 23.7 Å². The Morgan fingerprint density at radius 2 is 1.81 bits per heavy atom. The molecule has 0 N–H and O–H groups in total. The van der Waals surface area contributed by atoms with Gasteiger partial charge >= 0.3 is 0 Å². The Labute approximate surface area is 125 Å². The lowest BCUT2D eigenvalue weighted by molar-refractivity contribution is -0.122. The third-order valence-electron chi connectivity index (χ3n) is 3.90. The second kappa shape index (κ2) is 6.17. The number of hydrogen-bond acceptors (Lipinski definition) is 2. The van der Waals surface area contributed by atoms with Gasteiger partial charge in [-0.1, -0.05) is 25.1 Å². The lowest BCUT2D eigenvalue weighted by Crippen LogP contribution is -2.30. The largest absolute Gasteiger partial charge is 0.298 e. The highest BCUT2D eigenvalue weighted by Crippen LogP contribution is 2.25. The van der Waals surface area contributed by atoms with E-state index in [1.165, 1.54) is 12.1 Å². The zero-order valence-electron chi connectivity index (χ0n) is 12.7. The van der Waals surface area contributed by atoms with E-state index in [-0.39, 0.29) is 18.0 Å². The van der Waals surface area contributed by atoms with Gasteiger partial charge in [-0.25, -0.2) is 4.39 Å². The van der Waals surface area contributed by atoms with E-state index in [0.717, 1.165) is 23.2 Å². The molecule has 2 nitrogen and oxygen atoms in total. The SMILES string of the molecule is CCc1ccc(CC(=O)C(C)(C)c2ccc(F)cc2)nc1. The highest BCUT2D eigenvalue weighted by atomic mass is 19.1. The molecule has 1 heterocycles. The summed E-state index contributed by atoms with van der Waals surface area (Å²) in [7, 11) is 0. The van der Waals surface area contributed by atoms with Crippen LogP contribution in [0.2, 0.25) is 0 Å². The monoisotopic (exact) mass is 285 g/mol. The minimum Gasteiger partial charge on any atom is -0.298 e. The van der Waals surface area contributed by atoms with Crippen molar-refractivity contribution in [2.45, 2.75) is 39.0 Å². The van der Waals surface area contributed by atoms with E-state index in [9.17, 15) is 9.18 Å². The normalized spacial score (nSPS) is 11.4. The maximum Gasteiger partial charge on any atom is 0.148 e. The summed E-state index contributed by atoms with van der Waals surface area (Å²) in [5.74, 6) is -0.218. The first kappa shape index (κ1) is 15.4. The van der Waals surface area contributed by atoms with Crippen molar-refractivity contribution in [3.05, 3.63) is 65.2 Å². The predicted octanol–water partition coefficient (Wildman–Crippen LogP) is 3.87. The van der Waals surface area contributed by atoms with Crippen LogP contribution in [-0.4, -0.2) is 10.8 Å². The maximum atomic E-state index is 13.0. The summed E-state index contributed by atoms with van der Waals surface area (Å²) in [6.45, 7) is 5.80. The van der Waals surface area contributed by atoms with Crippen LogP contribution in [0.1, 0.15) is 37.6 Å². The molecule has 0 aliphatic heterocycles. The van der Waals surface area contributed by atoms with Crippen molar-refractivity contribution in [1.29, 1.82) is 0 Å². The summed E-state index contributed by atoms with van der Waals surface area (Å²) in [6.07, 6.45) is 3.03. The summed E-state index contributed by atoms with van der Waals surface area (Å²) in [4.78, 5) is 16.9. The summed E-state index contributed by atoms with van der Waals surface area (Å²) < 4.78 is 13.0. The van der Waals surface area contributed by atoms with E-state index in [1.807, 2.05) is 32.2 Å². The fraction of sp³-hybridized carbons (Fsp3) is 0.333. The zero-order chi connectivity index (χ0) is 15.5. The first-order valence-electron chi connectivity index (χ1n) is 7.16. The van der Waals surface area contributed by atoms with E-state index in [1.54, 1.807) is 12.1 Å². The van der Waals surface area contributed by atoms with Crippen molar-refractivity contribution in [3.8, 4) is 0 Å². The number of pyridine rings is 1. The zero-order valence-corrected chi connectivity index (χ0v) is 12.7. The van der Waals surface area contributed by atoms with Crippen LogP contribution in [0, 0.1) is 5.82 Å². The number of carbonyl (C=O) groups excluding carboxylic acids is 1. The standard InChI is InChI=1S/C18H20FNO/c1-4-13-5-10-16(20-12-13)11-17(21)18(2,3)14-6-8-15(19)9-7-14/h5-10,12H,4,11H2,1-3H3. The molecule has 110 valence electrons. The lowest BCUT2D eigenvalue weighted by Gasteiger charge is -2.23. The predicted molar refractivity (Wildman–Crippen MR) is 81.8 cm³/mol. The summed E-state index contributed by atoms with van der Waals surface area (Å²) in [6, 6.07) is 10.0. The average Bonchev–Trinajstić information content (AvgIpc) is 2.48. The smallest absolute Gasteiger partial charge is 0.148 e. The van der Waals surface area contributed by atoms with Crippen molar-refractivity contribution in [2.75, 3.05) is 0 Å². The molecule has 1 aromatic heterocycles. The Balaban J connectivity index is 2.15. The number of benzene rings is 1. The van der Waals surface area contributed by atoms with Crippen molar-refractivity contribution < 1.29 is 9.18 Å². The van der Waals surface area contributed by atoms with Gasteiger partial charge in [-0.15, -0.1) is 0 Å². The topological polar surface area (TPSA) is 30.0 Å². The van der Waals surface area contributed by atoms with Crippen LogP contribution in [0.25, 0.3) is 0 Å². The quantitative estimate of drug-likeness (QED) is 0.834. The number of Topliss-reactive ketones (excluding diaryl/α,β-unsaturated/α-hetero) is 1. The number of rotatable bonds is 5. The molecule has 0 radical (unpaired) electrons. The van der Waals surface area contributed by atoms with Crippen LogP contribution in [-0.2, 0) is 23.1 Å². The fourth-order valence-corrected chi connectivity index (χ4v) is 2.18. The van der Waals surface area contributed by atoms with Crippen LogP contribution in [0.3, 0.4) is 0 Å². The number of nitrogens with zero attached hydrogens (tertiary/aromatic N) is 1. The molecule has 0 aliphatic rings. The number of hydrogen-bond donors (Lipinski definition) is 0. The molecular weight excluding hydrogens is 265 g/mol. The molecule has 2 aromatic rings. The van der Waals surface area contributed by atoms with Gasteiger partial charge < -0.3 is 0 Å². The number of aryl methyl sites for hydroxylation is 1. The second-order valence-electron chi connectivity index (χ2n) is 5.74. The molecule has 0 amide bonds. The van der Waals surface area contributed by atoms with Gasteiger partial charge in [0.25, 0.3) is 0 Å². The van der Waals surface area contributed by atoms with Gasteiger partial charge in [-0.3, -0.25) is 9.78 Å². The molecule has 0 saturated heterocycles. The Kier molecular flexibility index (Phi) is 4.51. The van der Waals surface area contributed by atoms with Crippen molar-refractivity contribution in [1.82, 2.24) is 4.98 Å². The van der Waals surface area contributed by atoms with Gasteiger partial charge in [-0.05, 0) is 49.6 Å². The molecule has 0 fully saturated rings.